The Kier molecular flexibility index (Phi) is 2.07. The molecule has 2 heterocycles. The molecule has 1 aliphatic heterocycles. The maximum atomic E-state index is 11.5. The first-order valence-electron chi connectivity index (χ1n) is 4.66. The van der Waals surface area contributed by atoms with Crippen LogP contribution < -0.4 is 5.73 Å². The van der Waals surface area contributed by atoms with E-state index in [1.54, 1.807) is 18.2 Å². The number of furan rings is 1. The quantitative estimate of drug-likeness (QED) is 0.738. The van der Waals surface area contributed by atoms with Crippen LogP contribution in [0.1, 0.15) is 12.2 Å². The Morgan fingerprint density at radius 1 is 1.71 bits per heavy atom. The van der Waals surface area contributed by atoms with E-state index in [9.17, 15) is 4.79 Å². The summed E-state index contributed by atoms with van der Waals surface area (Å²) in [5.41, 5.74) is 5.44. The van der Waals surface area contributed by atoms with E-state index in [-0.39, 0.29) is 11.3 Å². The predicted molar refractivity (Wildman–Crippen MR) is 51.7 cm³/mol. The lowest BCUT2D eigenvalue weighted by Crippen LogP contribution is -2.37. The second-order valence-corrected chi connectivity index (χ2v) is 3.89. The van der Waals surface area contributed by atoms with Crippen LogP contribution in [0.25, 0.3) is 0 Å². The van der Waals surface area contributed by atoms with Gasteiger partial charge in [0, 0.05) is 26.6 Å². The molecular formula is C10H14N2O2. The first kappa shape index (κ1) is 9.27. The van der Waals surface area contributed by atoms with E-state index in [4.69, 9.17) is 10.2 Å². The van der Waals surface area contributed by atoms with E-state index < -0.39 is 0 Å². The molecule has 2 N–H and O–H groups in total. The lowest BCUT2D eigenvalue weighted by atomic mass is 9.84. The van der Waals surface area contributed by atoms with Crippen molar-refractivity contribution in [1.29, 1.82) is 0 Å². The summed E-state index contributed by atoms with van der Waals surface area (Å²) in [5, 5.41) is 0. The van der Waals surface area contributed by atoms with E-state index in [1.165, 1.54) is 0 Å². The number of carbonyl (C=O) groups excluding carboxylic acids is 1. The van der Waals surface area contributed by atoms with E-state index in [0.29, 0.717) is 19.5 Å². The van der Waals surface area contributed by atoms with E-state index in [2.05, 4.69) is 0 Å². The highest BCUT2D eigenvalue weighted by molar-refractivity contribution is 5.80. The Bertz CT molecular complexity index is 334. The number of carbonyl (C=O) groups is 1. The van der Waals surface area contributed by atoms with Gasteiger partial charge in [-0.05, 0) is 12.1 Å². The van der Waals surface area contributed by atoms with Gasteiger partial charge < -0.3 is 15.1 Å². The molecule has 0 spiro atoms. The topological polar surface area (TPSA) is 59.5 Å². The van der Waals surface area contributed by atoms with E-state index in [0.717, 1.165) is 5.76 Å². The lowest BCUT2D eigenvalue weighted by molar-refractivity contribution is -0.126. The third kappa shape index (κ3) is 1.23. The molecule has 1 aromatic rings. The standard InChI is InChI=1S/C10H14N2O2/c1-12-7-10(6-11,5-9(12)13)8-3-2-4-14-8/h2-4H,5-7,11H2,1H3. The van der Waals surface area contributed by atoms with Crippen LogP contribution in [0.2, 0.25) is 0 Å². The van der Waals surface area contributed by atoms with Gasteiger partial charge in [0.15, 0.2) is 0 Å². The van der Waals surface area contributed by atoms with Crippen molar-refractivity contribution >= 4 is 5.91 Å². The second kappa shape index (κ2) is 3.13. The van der Waals surface area contributed by atoms with Gasteiger partial charge in [0.05, 0.1) is 11.7 Å². The molecule has 1 aromatic heterocycles. The molecule has 4 nitrogen and oxygen atoms in total. The average Bonchev–Trinajstić information content (AvgIpc) is 2.76. The minimum atomic E-state index is -0.310. The molecule has 0 aliphatic carbocycles. The highest BCUT2D eigenvalue weighted by atomic mass is 16.3. The Balaban J connectivity index is 2.33. The summed E-state index contributed by atoms with van der Waals surface area (Å²) in [4.78, 5) is 13.2. The molecule has 1 saturated heterocycles. The van der Waals surface area contributed by atoms with Gasteiger partial charge in [-0.2, -0.15) is 0 Å². The second-order valence-electron chi connectivity index (χ2n) is 3.89. The molecule has 1 amide bonds. The van der Waals surface area contributed by atoms with Gasteiger partial charge >= 0.3 is 0 Å². The number of rotatable bonds is 2. The third-order valence-electron chi connectivity index (χ3n) is 2.89. The molecule has 1 aliphatic rings. The third-order valence-corrected chi connectivity index (χ3v) is 2.89. The molecule has 2 rings (SSSR count). The summed E-state index contributed by atoms with van der Waals surface area (Å²) in [6.45, 7) is 1.09. The summed E-state index contributed by atoms with van der Waals surface area (Å²) >= 11 is 0. The molecule has 1 unspecified atom stereocenters. The number of hydrogen-bond donors (Lipinski definition) is 1. The van der Waals surface area contributed by atoms with Crippen molar-refractivity contribution in [2.45, 2.75) is 11.8 Å². The average molecular weight is 194 g/mol. The van der Waals surface area contributed by atoms with Gasteiger partial charge in [0.1, 0.15) is 5.76 Å². The number of likely N-dealkylation sites (tertiary alicyclic amines) is 1. The summed E-state index contributed by atoms with van der Waals surface area (Å²) in [5.74, 6) is 0.949. The fraction of sp³-hybridized carbons (Fsp3) is 0.500. The van der Waals surface area contributed by atoms with Crippen LogP contribution in [0.3, 0.4) is 0 Å². The van der Waals surface area contributed by atoms with E-state index >= 15 is 0 Å². The van der Waals surface area contributed by atoms with Crippen molar-refractivity contribution in [3.63, 3.8) is 0 Å². The fourth-order valence-electron chi connectivity index (χ4n) is 2.01. The molecule has 1 atom stereocenters. The monoisotopic (exact) mass is 194 g/mol. The fourth-order valence-corrected chi connectivity index (χ4v) is 2.01. The Morgan fingerprint density at radius 2 is 2.50 bits per heavy atom. The van der Waals surface area contributed by atoms with Gasteiger partial charge in [0.25, 0.3) is 0 Å². The Hall–Kier alpha value is -1.29. The summed E-state index contributed by atoms with van der Waals surface area (Å²) in [7, 11) is 1.79. The number of nitrogens with zero attached hydrogens (tertiary/aromatic N) is 1. The van der Waals surface area contributed by atoms with Crippen LogP contribution in [0.4, 0.5) is 0 Å². The summed E-state index contributed by atoms with van der Waals surface area (Å²) < 4.78 is 5.35. The number of nitrogens with two attached hydrogens (primary N) is 1. The molecule has 0 aromatic carbocycles. The molecule has 14 heavy (non-hydrogen) atoms. The minimum Gasteiger partial charge on any atom is -0.469 e. The Labute approximate surface area is 82.7 Å². The van der Waals surface area contributed by atoms with Crippen LogP contribution in [-0.2, 0) is 10.2 Å². The molecular weight excluding hydrogens is 180 g/mol. The molecule has 76 valence electrons. The van der Waals surface area contributed by atoms with Gasteiger partial charge in [-0.15, -0.1) is 0 Å². The Morgan fingerprint density at radius 3 is 2.93 bits per heavy atom. The maximum absolute atomic E-state index is 11.5. The van der Waals surface area contributed by atoms with Crippen molar-refractivity contribution in [3.8, 4) is 0 Å². The molecule has 4 heteroatoms. The van der Waals surface area contributed by atoms with Crippen LogP contribution in [-0.4, -0.2) is 30.9 Å². The van der Waals surface area contributed by atoms with Crippen LogP contribution in [0.5, 0.6) is 0 Å². The van der Waals surface area contributed by atoms with Crippen molar-refractivity contribution in [1.82, 2.24) is 4.90 Å². The predicted octanol–water partition coefficient (Wildman–Crippen LogP) is 0.338. The summed E-state index contributed by atoms with van der Waals surface area (Å²) in [6, 6.07) is 3.72. The minimum absolute atomic E-state index is 0.131. The largest absolute Gasteiger partial charge is 0.469 e. The highest BCUT2D eigenvalue weighted by Crippen LogP contribution is 2.33. The maximum Gasteiger partial charge on any atom is 0.223 e. The van der Waals surface area contributed by atoms with Gasteiger partial charge in [-0.25, -0.2) is 0 Å². The normalized spacial score (nSPS) is 27.3. The zero-order valence-corrected chi connectivity index (χ0v) is 8.19. The van der Waals surface area contributed by atoms with Gasteiger partial charge in [-0.3, -0.25) is 4.79 Å². The van der Waals surface area contributed by atoms with E-state index in [1.807, 2.05) is 12.1 Å². The number of hydrogen-bond acceptors (Lipinski definition) is 3. The smallest absolute Gasteiger partial charge is 0.223 e. The van der Waals surface area contributed by atoms with Crippen molar-refractivity contribution < 1.29 is 9.21 Å². The van der Waals surface area contributed by atoms with Gasteiger partial charge in [-0.1, -0.05) is 0 Å². The first-order chi connectivity index (χ1) is 6.68. The molecule has 1 fully saturated rings. The number of amides is 1. The molecule has 0 saturated carbocycles. The lowest BCUT2D eigenvalue weighted by Gasteiger charge is -2.23. The molecule has 0 bridgehead atoms. The van der Waals surface area contributed by atoms with Gasteiger partial charge in [0.2, 0.25) is 5.91 Å². The van der Waals surface area contributed by atoms with Crippen molar-refractivity contribution in [2.24, 2.45) is 5.73 Å². The zero-order chi connectivity index (χ0) is 10.2. The molecule has 0 radical (unpaired) electrons. The number of likely N-dealkylation sites (N-methyl/N-ethyl adjacent to an activating group) is 1. The highest BCUT2D eigenvalue weighted by Gasteiger charge is 2.44. The van der Waals surface area contributed by atoms with Crippen LogP contribution in [0.15, 0.2) is 22.8 Å². The SMILES string of the molecule is CN1CC(CN)(c2ccco2)CC1=O. The summed E-state index contributed by atoms with van der Waals surface area (Å²) in [6.07, 6.45) is 2.07. The first-order valence-corrected chi connectivity index (χ1v) is 4.66. The van der Waals surface area contributed by atoms with Crippen LogP contribution >= 0.6 is 0 Å². The van der Waals surface area contributed by atoms with Crippen molar-refractivity contribution in [3.05, 3.63) is 24.2 Å². The zero-order valence-electron chi connectivity index (χ0n) is 8.19. The van der Waals surface area contributed by atoms with Crippen molar-refractivity contribution in [2.75, 3.05) is 20.1 Å². The van der Waals surface area contributed by atoms with Crippen LogP contribution in [0, 0.1) is 0 Å².